The van der Waals surface area contributed by atoms with E-state index in [1.54, 1.807) is 6.08 Å². The van der Waals surface area contributed by atoms with Gasteiger partial charge in [-0.05, 0) is 64.9 Å². The van der Waals surface area contributed by atoms with E-state index in [1.165, 1.54) is 6.21 Å². The van der Waals surface area contributed by atoms with E-state index in [0.717, 1.165) is 20.4 Å². The first-order chi connectivity index (χ1) is 12.5. The van der Waals surface area contributed by atoms with Crippen molar-refractivity contribution in [2.45, 2.75) is 19.8 Å². The number of carbonyl (C=O) groups is 2. The molecule has 2 aromatic rings. The summed E-state index contributed by atoms with van der Waals surface area (Å²) in [6, 6.07) is 15.5. The summed E-state index contributed by atoms with van der Waals surface area (Å²) in [5.74, 6) is -0.499. The Morgan fingerprint density at radius 1 is 1.08 bits per heavy atom. The van der Waals surface area contributed by atoms with Crippen LogP contribution in [0.15, 0.2) is 59.7 Å². The van der Waals surface area contributed by atoms with Crippen LogP contribution in [0.3, 0.4) is 0 Å². The van der Waals surface area contributed by atoms with Gasteiger partial charge in [-0.25, -0.2) is 5.43 Å². The van der Waals surface area contributed by atoms with Crippen molar-refractivity contribution < 1.29 is 9.59 Å². The zero-order valence-corrected chi connectivity index (χ0v) is 16.6. The van der Waals surface area contributed by atoms with Crippen LogP contribution in [0.5, 0.6) is 0 Å². The number of rotatable bonds is 7. The van der Waals surface area contributed by atoms with Crippen molar-refractivity contribution in [2.24, 2.45) is 5.10 Å². The number of nitrogens with zero attached hydrogens (tertiary/aromatic N) is 1. The highest BCUT2D eigenvalue weighted by Gasteiger charge is 2.08. The summed E-state index contributed by atoms with van der Waals surface area (Å²) >= 11 is 2.22. The van der Waals surface area contributed by atoms with Crippen LogP contribution in [0, 0.1) is 10.5 Å². The lowest BCUT2D eigenvalue weighted by Crippen LogP contribution is -2.20. The Morgan fingerprint density at radius 3 is 2.54 bits per heavy atom. The Bertz CT molecular complexity index is 817. The molecule has 0 spiro atoms. The van der Waals surface area contributed by atoms with Gasteiger partial charge in [-0.1, -0.05) is 36.4 Å². The van der Waals surface area contributed by atoms with Gasteiger partial charge in [0.2, 0.25) is 11.8 Å². The Kier molecular flexibility index (Phi) is 8.01. The number of aryl methyl sites for hydroxylation is 1. The van der Waals surface area contributed by atoms with E-state index in [4.69, 9.17) is 0 Å². The molecule has 5 nitrogen and oxygen atoms in total. The third-order valence-electron chi connectivity index (χ3n) is 3.48. The number of hydrogen-bond donors (Lipinski definition) is 2. The van der Waals surface area contributed by atoms with E-state index < -0.39 is 0 Å². The quantitative estimate of drug-likeness (QED) is 0.370. The molecule has 6 heteroatoms. The topological polar surface area (TPSA) is 70.6 Å². The predicted octanol–water partition coefficient (Wildman–Crippen LogP) is 4.13. The molecule has 0 aliphatic rings. The predicted molar refractivity (Wildman–Crippen MR) is 114 cm³/mol. The molecule has 0 heterocycles. The zero-order valence-electron chi connectivity index (χ0n) is 14.4. The minimum absolute atomic E-state index is 0.0784. The summed E-state index contributed by atoms with van der Waals surface area (Å²) in [7, 11) is 0. The summed E-state index contributed by atoms with van der Waals surface area (Å²) in [4.78, 5) is 23.7. The lowest BCUT2D eigenvalue weighted by Gasteiger charge is -2.08. The Hall–Kier alpha value is -2.48. The molecule has 2 amide bonds. The fraction of sp³-hybridized carbons (Fsp3) is 0.150. The van der Waals surface area contributed by atoms with Crippen LogP contribution in [-0.4, -0.2) is 18.0 Å². The minimum atomic E-state index is -0.302. The molecule has 2 rings (SSSR count). The number of hydrogen-bond acceptors (Lipinski definition) is 3. The van der Waals surface area contributed by atoms with Crippen molar-refractivity contribution in [1.82, 2.24) is 5.43 Å². The third-order valence-corrected chi connectivity index (χ3v) is 4.15. The van der Waals surface area contributed by atoms with Crippen LogP contribution < -0.4 is 10.7 Å². The number of anilines is 1. The number of allylic oxidation sites excluding steroid dienone is 1. The molecule has 0 aliphatic heterocycles. The van der Waals surface area contributed by atoms with Gasteiger partial charge in [0.1, 0.15) is 0 Å². The Balaban J connectivity index is 1.70. The number of nitrogens with one attached hydrogen (secondary N) is 2. The number of hydrazone groups is 1. The molecular weight excluding hydrogens is 441 g/mol. The minimum Gasteiger partial charge on any atom is -0.326 e. The van der Waals surface area contributed by atoms with Crippen LogP contribution in [0.1, 0.15) is 24.0 Å². The fourth-order valence-electron chi connectivity index (χ4n) is 2.13. The van der Waals surface area contributed by atoms with Crippen molar-refractivity contribution >= 4 is 52.4 Å². The van der Waals surface area contributed by atoms with Gasteiger partial charge in [-0.3, -0.25) is 9.59 Å². The van der Waals surface area contributed by atoms with Gasteiger partial charge in [0.05, 0.1) is 0 Å². The normalized spacial score (nSPS) is 11.0. The maximum atomic E-state index is 11.9. The summed E-state index contributed by atoms with van der Waals surface area (Å²) in [6.07, 6.45) is 5.30. The lowest BCUT2D eigenvalue weighted by molar-refractivity contribution is -0.124. The summed E-state index contributed by atoms with van der Waals surface area (Å²) in [5, 5.41) is 6.64. The molecule has 0 fully saturated rings. The molecular formula is C20H20IN3O2. The average molecular weight is 461 g/mol. The number of carbonyl (C=O) groups excluding carboxylic acids is 2. The standard InChI is InChI=1S/C20H20IN3O2/c1-15-14-17(21)9-10-18(15)23-19(25)11-12-20(26)24-22-13-5-8-16-6-3-2-4-7-16/h2-10,13-14H,11-12H2,1H3,(H,23,25)(H,24,26)/b8-5+,22-13+. The number of halogens is 1. The smallest absolute Gasteiger partial charge is 0.240 e. The molecule has 2 aromatic carbocycles. The van der Waals surface area contributed by atoms with Crippen molar-refractivity contribution in [3.8, 4) is 0 Å². The first-order valence-corrected chi connectivity index (χ1v) is 9.22. The average Bonchev–Trinajstić information content (AvgIpc) is 2.63. The van der Waals surface area contributed by atoms with Gasteiger partial charge in [-0.2, -0.15) is 5.10 Å². The molecule has 134 valence electrons. The second kappa shape index (κ2) is 10.5. The highest BCUT2D eigenvalue weighted by molar-refractivity contribution is 14.1. The molecule has 0 unspecified atom stereocenters. The van der Waals surface area contributed by atoms with Crippen molar-refractivity contribution in [3.05, 3.63) is 69.3 Å². The molecule has 26 heavy (non-hydrogen) atoms. The van der Waals surface area contributed by atoms with Crippen molar-refractivity contribution in [1.29, 1.82) is 0 Å². The van der Waals surface area contributed by atoms with Crippen LogP contribution in [-0.2, 0) is 9.59 Å². The van der Waals surface area contributed by atoms with Gasteiger partial charge in [0, 0.05) is 28.3 Å². The lowest BCUT2D eigenvalue weighted by atomic mass is 10.2. The highest BCUT2D eigenvalue weighted by atomic mass is 127. The second-order valence-corrected chi connectivity index (χ2v) is 6.84. The first kappa shape index (κ1) is 19.8. The zero-order chi connectivity index (χ0) is 18.8. The first-order valence-electron chi connectivity index (χ1n) is 8.14. The summed E-state index contributed by atoms with van der Waals surface area (Å²) < 4.78 is 1.11. The largest absolute Gasteiger partial charge is 0.326 e. The van der Waals surface area contributed by atoms with E-state index >= 15 is 0 Å². The third kappa shape index (κ3) is 7.18. The molecule has 0 saturated carbocycles. The van der Waals surface area contributed by atoms with Gasteiger partial charge in [-0.15, -0.1) is 0 Å². The summed E-state index contributed by atoms with van der Waals surface area (Å²) in [5.41, 5.74) is 5.21. The Labute approximate surface area is 166 Å². The molecule has 0 radical (unpaired) electrons. The van der Waals surface area contributed by atoms with Gasteiger partial charge >= 0.3 is 0 Å². The SMILES string of the molecule is Cc1cc(I)ccc1NC(=O)CCC(=O)N/N=C/C=C/c1ccccc1. The highest BCUT2D eigenvalue weighted by Crippen LogP contribution is 2.17. The fourth-order valence-corrected chi connectivity index (χ4v) is 2.78. The molecule has 0 aromatic heterocycles. The van der Waals surface area contributed by atoms with E-state index in [0.29, 0.717) is 0 Å². The van der Waals surface area contributed by atoms with Crippen LogP contribution >= 0.6 is 22.6 Å². The van der Waals surface area contributed by atoms with Gasteiger partial charge < -0.3 is 5.32 Å². The molecule has 0 aliphatic carbocycles. The monoisotopic (exact) mass is 461 g/mol. The van der Waals surface area contributed by atoms with Crippen molar-refractivity contribution in [3.63, 3.8) is 0 Å². The van der Waals surface area contributed by atoms with Crippen LogP contribution in [0.2, 0.25) is 0 Å². The van der Waals surface area contributed by atoms with Crippen LogP contribution in [0.25, 0.3) is 6.08 Å². The molecule has 2 N–H and O–H groups in total. The van der Waals surface area contributed by atoms with E-state index in [1.807, 2.05) is 61.5 Å². The van der Waals surface area contributed by atoms with E-state index in [2.05, 4.69) is 38.4 Å². The molecule has 0 atom stereocenters. The summed E-state index contributed by atoms with van der Waals surface area (Å²) in [6.45, 7) is 1.93. The van der Waals surface area contributed by atoms with E-state index in [-0.39, 0.29) is 24.7 Å². The Morgan fingerprint density at radius 2 is 1.81 bits per heavy atom. The molecule has 0 saturated heterocycles. The van der Waals surface area contributed by atoms with Gasteiger partial charge in [0.15, 0.2) is 0 Å². The maximum Gasteiger partial charge on any atom is 0.240 e. The second-order valence-electron chi connectivity index (χ2n) is 5.59. The van der Waals surface area contributed by atoms with Crippen LogP contribution in [0.4, 0.5) is 5.69 Å². The van der Waals surface area contributed by atoms with E-state index in [9.17, 15) is 9.59 Å². The molecule has 0 bridgehead atoms. The number of benzene rings is 2. The van der Waals surface area contributed by atoms with Gasteiger partial charge in [0.25, 0.3) is 0 Å². The van der Waals surface area contributed by atoms with Crippen molar-refractivity contribution in [2.75, 3.05) is 5.32 Å². The number of amides is 2. The maximum absolute atomic E-state index is 11.9.